The van der Waals surface area contributed by atoms with Gasteiger partial charge in [-0.25, -0.2) is 4.98 Å². The summed E-state index contributed by atoms with van der Waals surface area (Å²) < 4.78 is 0. The average Bonchev–Trinajstić information content (AvgIpc) is 2.83. The fraction of sp³-hybridized carbons (Fsp3) is 0.478. The number of aromatic nitrogens is 2. The van der Waals surface area contributed by atoms with Crippen LogP contribution in [-0.2, 0) is 11.3 Å². The molecule has 1 aromatic heterocycles. The Morgan fingerprint density at radius 2 is 1.72 bits per heavy atom. The Bertz CT molecular complexity index is 952. The number of carbonyl (C=O) groups is 2. The van der Waals surface area contributed by atoms with Crippen molar-refractivity contribution in [2.75, 3.05) is 36.8 Å². The Labute approximate surface area is 188 Å². The van der Waals surface area contributed by atoms with Crippen molar-refractivity contribution in [2.24, 2.45) is 5.73 Å². The molecular formula is C23H31N7O2. The minimum absolute atomic E-state index is 0.142. The summed E-state index contributed by atoms with van der Waals surface area (Å²) in [6, 6.07) is 9.65. The van der Waals surface area contributed by atoms with Crippen molar-refractivity contribution in [3.63, 3.8) is 0 Å². The van der Waals surface area contributed by atoms with Crippen molar-refractivity contribution in [3.8, 4) is 0 Å². The van der Waals surface area contributed by atoms with Crippen molar-refractivity contribution in [1.29, 1.82) is 0 Å². The molecule has 0 atom stereocenters. The number of amides is 2. The van der Waals surface area contributed by atoms with Crippen LogP contribution in [0.15, 0.2) is 36.5 Å². The zero-order valence-electron chi connectivity index (χ0n) is 18.3. The minimum atomic E-state index is -0.597. The number of hydrogen-bond donors (Lipinski definition) is 3. The van der Waals surface area contributed by atoms with Crippen LogP contribution in [0.3, 0.4) is 0 Å². The van der Waals surface area contributed by atoms with Gasteiger partial charge in [-0.15, -0.1) is 0 Å². The van der Waals surface area contributed by atoms with Gasteiger partial charge < -0.3 is 21.7 Å². The van der Waals surface area contributed by atoms with E-state index in [-0.39, 0.29) is 23.2 Å². The maximum atomic E-state index is 12.5. The maximum absolute atomic E-state index is 12.5. The van der Waals surface area contributed by atoms with Crippen LogP contribution in [0.5, 0.6) is 0 Å². The van der Waals surface area contributed by atoms with Crippen molar-refractivity contribution >= 4 is 23.6 Å². The molecule has 2 aliphatic heterocycles. The zero-order valence-corrected chi connectivity index (χ0v) is 18.3. The van der Waals surface area contributed by atoms with E-state index in [0.717, 1.165) is 31.5 Å². The number of nitrogens with two attached hydrogens (primary N) is 2. The Kier molecular flexibility index (Phi) is 6.55. The lowest BCUT2D eigenvalue weighted by Crippen LogP contribution is -2.63. The van der Waals surface area contributed by atoms with E-state index in [9.17, 15) is 9.59 Å². The summed E-state index contributed by atoms with van der Waals surface area (Å²) in [5.41, 5.74) is 12.6. The van der Waals surface area contributed by atoms with Crippen LogP contribution in [0.4, 0.5) is 11.8 Å². The topological polar surface area (TPSA) is 130 Å². The van der Waals surface area contributed by atoms with E-state index in [4.69, 9.17) is 11.5 Å². The molecule has 2 saturated heterocycles. The van der Waals surface area contributed by atoms with E-state index in [1.807, 2.05) is 35.2 Å². The lowest BCUT2D eigenvalue weighted by Gasteiger charge is -2.48. The molecule has 4 rings (SSSR count). The summed E-state index contributed by atoms with van der Waals surface area (Å²) in [5, 5.41) is 2.85. The third-order valence-corrected chi connectivity index (χ3v) is 6.64. The number of benzene rings is 1. The summed E-state index contributed by atoms with van der Waals surface area (Å²) in [4.78, 5) is 38.0. The van der Waals surface area contributed by atoms with E-state index in [1.54, 1.807) is 0 Å². The quantitative estimate of drug-likeness (QED) is 0.621. The second kappa shape index (κ2) is 9.52. The van der Waals surface area contributed by atoms with E-state index in [0.29, 0.717) is 38.4 Å². The molecule has 0 radical (unpaired) electrons. The van der Waals surface area contributed by atoms with Crippen LogP contribution in [-0.4, -0.2) is 58.4 Å². The molecule has 0 unspecified atom stereocenters. The summed E-state index contributed by atoms with van der Waals surface area (Å²) in [6.07, 6.45) is 6.14. The highest BCUT2D eigenvalue weighted by Gasteiger charge is 2.45. The molecule has 0 bridgehead atoms. The number of anilines is 2. The van der Waals surface area contributed by atoms with Gasteiger partial charge in [-0.1, -0.05) is 36.8 Å². The Hall–Kier alpha value is -3.20. The smallest absolute Gasteiger partial charge is 0.256 e. The normalized spacial score (nSPS) is 18.8. The van der Waals surface area contributed by atoms with E-state index >= 15 is 0 Å². The van der Waals surface area contributed by atoms with E-state index in [1.165, 1.54) is 12.6 Å². The molecule has 5 N–H and O–H groups in total. The third kappa shape index (κ3) is 4.52. The zero-order chi connectivity index (χ0) is 22.6. The fourth-order valence-corrected chi connectivity index (χ4v) is 4.70. The minimum Gasteiger partial charge on any atom is -0.383 e. The Morgan fingerprint density at radius 3 is 2.34 bits per heavy atom. The molecule has 9 nitrogen and oxygen atoms in total. The predicted octanol–water partition coefficient (Wildman–Crippen LogP) is 1.30. The van der Waals surface area contributed by atoms with Crippen LogP contribution in [0.2, 0.25) is 0 Å². The number of piperidine rings is 2. The Balaban J connectivity index is 1.40. The second-order valence-corrected chi connectivity index (χ2v) is 8.57. The van der Waals surface area contributed by atoms with Gasteiger partial charge in [-0.2, -0.15) is 4.98 Å². The molecule has 0 spiro atoms. The first kappa shape index (κ1) is 22.0. The highest BCUT2D eigenvalue weighted by molar-refractivity contribution is 5.98. The van der Waals surface area contributed by atoms with Crippen molar-refractivity contribution in [1.82, 2.24) is 20.2 Å². The number of nitrogens with one attached hydrogen (secondary N) is 1. The molecule has 9 heteroatoms. The van der Waals surface area contributed by atoms with Crippen molar-refractivity contribution < 1.29 is 9.59 Å². The van der Waals surface area contributed by atoms with Crippen LogP contribution in [0.1, 0.15) is 48.0 Å². The van der Waals surface area contributed by atoms with Crippen molar-refractivity contribution in [3.05, 3.63) is 47.7 Å². The number of carbonyl (C=O) groups excluding carboxylic acids is 2. The van der Waals surface area contributed by atoms with E-state index in [2.05, 4.69) is 20.2 Å². The van der Waals surface area contributed by atoms with Crippen LogP contribution in [0.25, 0.3) is 0 Å². The number of primary amides is 1. The molecule has 0 saturated carbocycles. The fourth-order valence-electron chi connectivity index (χ4n) is 4.70. The van der Waals surface area contributed by atoms with Gasteiger partial charge >= 0.3 is 0 Å². The van der Waals surface area contributed by atoms with Crippen molar-refractivity contribution in [2.45, 2.75) is 44.2 Å². The van der Waals surface area contributed by atoms with Gasteiger partial charge in [-0.3, -0.25) is 14.5 Å². The van der Waals surface area contributed by atoms with Crippen LogP contribution >= 0.6 is 0 Å². The number of rotatable bonds is 6. The molecule has 2 fully saturated rings. The number of hydrogen-bond acceptors (Lipinski definition) is 7. The summed E-state index contributed by atoms with van der Waals surface area (Å²) in [7, 11) is 0. The second-order valence-electron chi connectivity index (χ2n) is 8.57. The number of nitrogen functional groups attached to an aromatic ring is 1. The highest BCUT2D eigenvalue weighted by Crippen LogP contribution is 2.32. The largest absolute Gasteiger partial charge is 0.383 e. The summed E-state index contributed by atoms with van der Waals surface area (Å²) >= 11 is 0. The lowest BCUT2D eigenvalue weighted by atomic mass is 9.83. The summed E-state index contributed by atoms with van der Waals surface area (Å²) in [6.45, 7) is 3.45. The van der Waals surface area contributed by atoms with E-state index < -0.39 is 5.54 Å². The molecule has 0 aliphatic carbocycles. The van der Waals surface area contributed by atoms with Gasteiger partial charge in [-0.05, 0) is 44.3 Å². The molecule has 32 heavy (non-hydrogen) atoms. The summed E-state index contributed by atoms with van der Waals surface area (Å²) in [5.74, 6) is 0.0569. The number of likely N-dealkylation sites (tertiary alicyclic amines) is 1. The highest BCUT2D eigenvalue weighted by atomic mass is 16.2. The van der Waals surface area contributed by atoms with Gasteiger partial charge in [0.05, 0.1) is 5.56 Å². The van der Waals surface area contributed by atoms with Gasteiger partial charge in [0.1, 0.15) is 11.4 Å². The Morgan fingerprint density at radius 1 is 1.03 bits per heavy atom. The van der Waals surface area contributed by atoms with Crippen LogP contribution in [0, 0.1) is 0 Å². The standard InChI is InChI=1S/C23H31N7O2/c24-19-18(20(31)26-15-17-7-3-1-4-8-17)16-27-22(28-19)29-13-9-23(10-14-29,21(25)32)30-11-5-2-6-12-30/h1,3-4,7-8,16H,2,5-6,9-15H2,(H2,25,32)(H,26,31)(H2,24,27,28). The first-order chi connectivity index (χ1) is 15.5. The molecule has 2 aliphatic rings. The monoisotopic (exact) mass is 437 g/mol. The van der Waals surface area contributed by atoms with Crippen LogP contribution < -0.4 is 21.7 Å². The molecule has 3 heterocycles. The average molecular weight is 438 g/mol. The first-order valence-electron chi connectivity index (χ1n) is 11.2. The third-order valence-electron chi connectivity index (χ3n) is 6.64. The van der Waals surface area contributed by atoms with Gasteiger partial charge in [0.15, 0.2) is 0 Å². The SMILES string of the molecule is NC(=O)C1(N2CCCCC2)CCN(c2ncc(C(=O)NCc3ccccc3)c(N)n2)CC1. The van der Waals surface area contributed by atoms with Gasteiger partial charge in [0.2, 0.25) is 11.9 Å². The molecule has 1 aromatic carbocycles. The molecule has 2 amide bonds. The maximum Gasteiger partial charge on any atom is 0.256 e. The first-order valence-corrected chi connectivity index (χ1v) is 11.2. The molecule has 170 valence electrons. The van der Waals surface area contributed by atoms with Gasteiger partial charge in [0.25, 0.3) is 5.91 Å². The van der Waals surface area contributed by atoms with Gasteiger partial charge in [0, 0.05) is 25.8 Å². The molecular weight excluding hydrogens is 406 g/mol. The predicted molar refractivity (Wildman–Crippen MR) is 123 cm³/mol. The molecule has 2 aromatic rings. The lowest BCUT2D eigenvalue weighted by molar-refractivity contribution is -0.132. The number of nitrogens with zero attached hydrogens (tertiary/aromatic N) is 4.